The lowest BCUT2D eigenvalue weighted by Crippen LogP contribution is -2.26. The zero-order valence-electron chi connectivity index (χ0n) is 24.5. The summed E-state index contributed by atoms with van der Waals surface area (Å²) >= 11 is 0. The Morgan fingerprint density at radius 3 is 2.51 bits per heavy atom. The van der Waals surface area contributed by atoms with E-state index >= 15 is 0 Å². The van der Waals surface area contributed by atoms with E-state index in [2.05, 4.69) is 18.1 Å². The normalized spacial score (nSPS) is 21.7. The molecule has 0 radical (unpaired) electrons. The van der Waals surface area contributed by atoms with Gasteiger partial charge in [0, 0.05) is 41.5 Å². The highest BCUT2D eigenvalue weighted by atomic mass is 31.3. The van der Waals surface area contributed by atoms with E-state index < -0.39 is 59.5 Å². The SMILES string of the molecule is CC(C)[C@H](OCc1cn([C@H]2C[C@@H](O)[C@@H](COP(=O)(O)OP(=O)(O)OP(=O)(O)O)O2)c2nccc(N)c12)c1cc(C#N)ccc1[N+](=O)[O-]. The van der Waals surface area contributed by atoms with Gasteiger partial charge in [0.2, 0.25) is 0 Å². The monoisotopic (exact) mass is 721 g/mol. The van der Waals surface area contributed by atoms with E-state index in [4.69, 9.17) is 25.0 Å². The van der Waals surface area contributed by atoms with E-state index in [1.165, 1.54) is 35.0 Å². The molecule has 0 saturated carbocycles. The Bertz CT molecular complexity index is 1840. The number of anilines is 1. The number of nitriles is 1. The van der Waals surface area contributed by atoms with Gasteiger partial charge in [0.05, 0.1) is 47.5 Å². The van der Waals surface area contributed by atoms with Gasteiger partial charge >= 0.3 is 23.5 Å². The lowest BCUT2D eigenvalue weighted by atomic mass is 9.95. The first-order valence-electron chi connectivity index (χ1n) is 13.5. The van der Waals surface area contributed by atoms with Crippen molar-refractivity contribution < 1.29 is 65.9 Å². The number of phosphoric acid groups is 3. The average molecular weight is 721 g/mol. The number of nitrogen functional groups attached to an aromatic ring is 1. The van der Waals surface area contributed by atoms with E-state index in [-0.39, 0.29) is 35.8 Å². The first-order valence-corrected chi connectivity index (χ1v) is 18.0. The summed E-state index contributed by atoms with van der Waals surface area (Å²) in [4.78, 5) is 52.0. The Morgan fingerprint density at radius 1 is 1.19 bits per heavy atom. The molecule has 1 saturated heterocycles. The Kier molecular flexibility index (Phi) is 11.1. The molecule has 2 unspecified atom stereocenters. The van der Waals surface area contributed by atoms with Crippen LogP contribution in [0.1, 0.15) is 49.3 Å². The maximum Gasteiger partial charge on any atom is 0.490 e. The van der Waals surface area contributed by atoms with Gasteiger partial charge in [-0.3, -0.25) is 14.6 Å². The number of aromatic nitrogens is 2. The van der Waals surface area contributed by atoms with Crippen molar-refractivity contribution in [3.8, 4) is 6.07 Å². The molecule has 4 rings (SSSR count). The summed E-state index contributed by atoms with van der Waals surface area (Å²) in [6.45, 7) is 2.59. The number of benzene rings is 1. The second-order valence-electron chi connectivity index (χ2n) is 10.6. The van der Waals surface area contributed by atoms with Crippen molar-refractivity contribution in [3.05, 3.63) is 63.5 Å². The van der Waals surface area contributed by atoms with Crippen LogP contribution in [0.15, 0.2) is 36.7 Å². The fraction of sp³-hybridized carbons (Fsp3) is 0.417. The van der Waals surface area contributed by atoms with E-state index in [0.29, 0.717) is 22.3 Å². The highest BCUT2D eigenvalue weighted by Gasteiger charge is 2.43. The van der Waals surface area contributed by atoms with Crippen LogP contribution in [0, 0.1) is 27.4 Å². The molecule has 1 aliphatic rings. The number of nitro benzene ring substituents is 1. The zero-order chi connectivity index (χ0) is 34.9. The van der Waals surface area contributed by atoms with Crippen molar-refractivity contribution in [2.24, 2.45) is 5.92 Å². The molecule has 23 heteroatoms. The highest BCUT2D eigenvalue weighted by molar-refractivity contribution is 7.66. The fourth-order valence-corrected chi connectivity index (χ4v) is 7.99. The van der Waals surface area contributed by atoms with Gasteiger partial charge in [-0.1, -0.05) is 13.8 Å². The maximum atomic E-state index is 12.1. The van der Waals surface area contributed by atoms with Crippen molar-refractivity contribution >= 4 is 45.9 Å². The van der Waals surface area contributed by atoms with Gasteiger partial charge in [-0.05, 0) is 24.1 Å². The second-order valence-corrected chi connectivity index (χ2v) is 15.0. The molecule has 1 aliphatic heterocycles. The number of pyridine rings is 1. The third-order valence-electron chi connectivity index (χ3n) is 6.84. The smallest absolute Gasteiger partial charge is 0.398 e. The van der Waals surface area contributed by atoms with E-state index in [1.807, 2.05) is 6.07 Å². The summed E-state index contributed by atoms with van der Waals surface area (Å²) < 4.78 is 60.0. The van der Waals surface area contributed by atoms with Crippen LogP contribution in [0.2, 0.25) is 0 Å². The van der Waals surface area contributed by atoms with Gasteiger partial charge in [0.25, 0.3) is 5.69 Å². The van der Waals surface area contributed by atoms with Crippen LogP contribution in [0.25, 0.3) is 11.0 Å². The van der Waals surface area contributed by atoms with Gasteiger partial charge in [-0.15, -0.1) is 0 Å². The molecule has 7 N–H and O–H groups in total. The summed E-state index contributed by atoms with van der Waals surface area (Å²) in [6, 6.07) is 7.48. The minimum absolute atomic E-state index is 0.104. The minimum Gasteiger partial charge on any atom is -0.398 e. The Balaban J connectivity index is 1.55. The van der Waals surface area contributed by atoms with Gasteiger partial charge in [-0.2, -0.15) is 13.9 Å². The van der Waals surface area contributed by atoms with Gasteiger partial charge in [0.1, 0.15) is 18.0 Å². The Labute approximate surface area is 265 Å². The molecule has 6 atom stereocenters. The van der Waals surface area contributed by atoms with Crippen LogP contribution in [0.5, 0.6) is 0 Å². The molecule has 3 aromatic rings. The zero-order valence-corrected chi connectivity index (χ0v) is 27.2. The summed E-state index contributed by atoms with van der Waals surface area (Å²) in [5, 5.41) is 32.2. The average Bonchev–Trinajstić information content (AvgIpc) is 3.50. The minimum atomic E-state index is -5.74. The molecule has 0 bridgehead atoms. The quantitative estimate of drug-likeness (QED) is 0.0790. The standard InChI is InChI=1S/C24H30N5O15P3/c1-13(2)23(16-7-14(9-25)3-4-18(16)29(31)32)40-11-15-10-28(24-22(15)17(26)5-6-27-24)21-8-19(30)20(42-21)12-41-46(36,37)44-47(38,39)43-45(33,34)35/h3-7,10,13,19-21,23,30H,8,11-12H2,1-2H3,(H2,26,27)(H,36,37)(H,38,39)(H2,33,34,35)/t19-,20-,21-,23+/m1/s1. The van der Waals surface area contributed by atoms with Crippen molar-refractivity contribution in [1.82, 2.24) is 9.55 Å². The largest absolute Gasteiger partial charge is 0.490 e. The summed E-state index contributed by atoms with van der Waals surface area (Å²) in [5.41, 5.74) is 7.56. The van der Waals surface area contributed by atoms with Crippen molar-refractivity contribution in [2.75, 3.05) is 12.3 Å². The number of nitro groups is 1. The third kappa shape index (κ3) is 9.08. The van der Waals surface area contributed by atoms with Gasteiger partial charge in [-0.25, -0.2) is 18.7 Å². The number of nitrogens with two attached hydrogens (primary N) is 1. The number of nitrogens with zero attached hydrogens (tertiary/aromatic N) is 4. The van der Waals surface area contributed by atoms with Crippen LogP contribution >= 0.6 is 23.5 Å². The first kappa shape index (κ1) is 36.7. The number of aliphatic hydroxyl groups excluding tert-OH is 1. The van der Waals surface area contributed by atoms with Crippen LogP contribution in [0.4, 0.5) is 11.4 Å². The molecule has 1 fully saturated rings. The number of hydrogen-bond acceptors (Lipinski definition) is 14. The van der Waals surface area contributed by atoms with Crippen molar-refractivity contribution in [1.29, 1.82) is 5.26 Å². The van der Waals surface area contributed by atoms with Crippen LogP contribution in [-0.2, 0) is 42.9 Å². The van der Waals surface area contributed by atoms with Crippen LogP contribution in [-0.4, -0.2) is 58.0 Å². The number of fused-ring (bicyclic) bond motifs is 1. The Hall–Kier alpha value is -3.11. The molecule has 2 aromatic heterocycles. The predicted octanol–water partition coefficient (Wildman–Crippen LogP) is 3.30. The number of aliphatic hydroxyl groups is 1. The molecule has 47 heavy (non-hydrogen) atoms. The van der Waals surface area contributed by atoms with E-state index in [9.17, 15) is 44.0 Å². The topological polar surface area (TPSA) is 309 Å². The second kappa shape index (κ2) is 14.2. The van der Waals surface area contributed by atoms with Gasteiger partial charge < -0.3 is 44.5 Å². The molecule has 256 valence electrons. The lowest BCUT2D eigenvalue weighted by Gasteiger charge is -2.22. The summed E-state index contributed by atoms with van der Waals surface area (Å²) in [7, 11) is -16.8. The summed E-state index contributed by atoms with van der Waals surface area (Å²) in [6.07, 6.45) is -1.50. The lowest BCUT2D eigenvalue weighted by molar-refractivity contribution is -0.386. The molecule has 0 amide bonds. The summed E-state index contributed by atoms with van der Waals surface area (Å²) in [5.74, 6) is -0.268. The van der Waals surface area contributed by atoms with Gasteiger partial charge in [0.15, 0.2) is 0 Å². The molecule has 3 heterocycles. The molecule has 1 aromatic carbocycles. The molecular formula is C24H30N5O15P3. The number of hydrogen-bond donors (Lipinski definition) is 6. The molecular weight excluding hydrogens is 691 g/mol. The Morgan fingerprint density at radius 2 is 1.89 bits per heavy atom. The molecule has 0 aliphatic carbocycles. The number of rotatable bonds is 14. The number of phosphoric ester groups is 1. The van der Waals surface area contributed by atoms with E-state index in [0.717, 1.165) is 0 Å². The predicted molar refractivity (Wildman–Crippen MR) is 159 cm³/mol. The molecule has 0 spiro atoms. The molecule has 20 nitrogen and oxygen atoms in total. The van der Waals surface area contributed by atoms with Crippen LogP contribution in [0.3, 0.4) is 0 Å². The fourth-order valence-electron chi connectivity index (χ4n) is 4.96. The number of ether oxygens (including phenoxy) is 2. The van der Waals surface area contributed by atoms with Crippen molar-refractivity contribution in [2.45, 2.75) is 51.4 Å². The third-order valence-corrected chi connectivity index (χ3v) is 10.6. The first-order chi connectivity index (χ1) is 21.8. The maximum absolute atomic E-state index is 12.1. The highest BCUT2D eigenvalue weighted by Crippen LogP contribution is 2.66. The van der Waals surface area contributed by atoms with E-state index in [1.54, 1.807) is 20.0 Å². The van der Waals surface area contributed by atoms with Crippen molar-refractivity contribution in [3.63, 3.8) is 0 Å². The van der Waals surface area contributed by atoms with Crippen LogP contribution < -0.4 is 5.73 Å².